The molecule has 1 unspecified atom stereocenters. The van der Waals surface area contributed by atoms with Crippen molar-refractivity contribution in [2.45, 2.75) is 51.0 Å². The molecule has 0 bridgehead atoms. The molecule has 0 radical (unpaired) electrons. The van der Waals surface area contributed by atoms with Gasteiger partial charge in [0, 0.05) is 6.54 Å². The van der Waals surface area contributed by atoms with Crippen LogP contribution >= 0.6 is 0 Å². The second-order valence-electron chi connectivity index (χ2n) is 6.07. The molecule has 4 heteroatoms. The van der Waals surface area contributed by atoms with Crippen LogP contribution < -0.4 is 0 Å². The van der Waals surface area contributed by atoms with Gasteiger partial charge in [0.2, 0.25) is 5.91 Å². The van der Waals surface area contributed by atoms with Crippen LogP contribution in [-0.4, -0.2) is 34.5 Å². The van der Waals surface area contributed by atoms with Gasteiger partial charge in [-0.2, -0.15) is 0 Å². The Hall–Kier alpha value is -1.84. The van der Waals surface area contributed by atoms with E-state index < -0.39 is 12.0 Å². The molecule has 3 rings (SSSR count). The number of carboxylic acid groups (broad SMARTS) is 1. The van der Waals surface area contributed by atoms with Gasteiger partial charge >= 0.3 is 5.97 Å². The number of rotatable bonds is 3. The predicted molar refractivity (Wildman–Crippen MR) is 79.2 cm³/mol. The number of carbonyl (C=O) groups excluding carboxylic acids is 1. The number of likely N-dealkylation sites (tertiary alicyclic amines) is 1. The molecule has 0 saturated carbocycles. The zero-order valence-corrected chi connectivity index (χ0v) is 12.2. The monoisotopic (exact) mass is 287 g/mol. The van der Waals surface area contributed by atoms with Crippen LogP contribution in [0.1, 0.15) is 42.4 Å². The van der Waals surface area contributed by atoms with Gasteiger partial charge in [-0.15, -0.1) is 0 Å². The number of hydrogen-bond acceptors (Lipinski definition) is 2. The van der Waals surface area contributed by atoms with Gasteiger partial charge in [-0.1, -0.05) is 18.2 Å². The summed E-state index contributed by atoms with van der Waals surface area (Å²) in [5.74, 6) is -0.933. The molecule has 1 aliphatic carbocycles. The molecule has 1 saturated heterocycles. The van der Waals surface area contributed by atoms with Crippen LogP contribution in [-0.2, 0) is 28.9 Å². The Morgan fingerprint density at radius 2 is 1.95 bits per heavy atom. The number of carbonyl (C=O) groups is 2. The van der Waals surface area contributed by atoms with Crippen molar-refractivity contribution in [3.8, 4) is 0 Å². The van der Waals surface area contributed by atoms with E-state index in [0.717, 1.165) is 31.2 Å². The second kappa shape index (κ2) is 5.88. The lowest BCUT2D eigenvalue weighted by molar-refractivity contribution is -0.151. The molecular weight excluding hydrogens is 266 g/mol. The standard InChI is InChI=1S/C17H21NO3/c19-16(18-9-2-1-6-15(18)17(20)21)11-12-7-8-13-4-3-5-14(13)10-12/h7-8,10,15H,1-6,9,11H2,(H,20,21). The number of piperidine rings is 1. The van der Waals surface area contributed by atoms with Crippen LogP contribution in [0.4, 0.5) is 0 Å². The number of nitrogens with zero attached hydrogens (tertiary/aromatic N) is 1. The minimum atomic E-state index is -0.878. The molecule has 1 fully saturated rings. The lowest BCUT2D eigenvalue weighted by atomic mass is 9.99. The number of amides is 1. The van der Waals surface area contributed by atoms with E-state index in [-0.39, 0.29) is 5.91 Å². The fourth-order valence-electron chi connectivity index (χ4n) is 3.50. The number of fused-ring (bicyclic) bond motifs is 1. The summed E-state index contributed by atoms with van der Waals surface area (Å²) in [6.07, 6.45) is 6.11. The van der Waals surface area contributed by atoms with E-state index in [0.29, 0.717) is 19.4 Å². The van der Waals surface area contributed by atoms with Crippen LogP contribution in [0.25, 0.3) is 0 Å². The van der Waals surface area contributed by atoms with Gasteiger partial charge in [-0.25, -0.2) is 4.79 Å². The van der Waals surface area contributed by atoms with Gasteiger partial charge in [0.1, 0.15) is 6.04 Å². The Morgan fingerprint density at radius 3 is 2.76 bits per heavy atom. The van der Waals surface area contributed by atoms with Gasteiger partial charge in [-0.05, 0) is 55.2 Å². The average molecular weight is 287 g/mol. The van der Waals surface area contributed by atoms with Gasteiger partial charge < -0.3 is 10.0 Å². The summed E-state index contributed by atoms with van der Waals surface area (Å²) in [7, 11) is 0. The lowest BCUT2D eigenvalue weighted by Crippen LogP contribution is -2.48. The third kappa shape index (κ3) is 2.94. The fraction of sp³-hybridized carbons (Fsp3) is 0.529. The van der Waals surface area contributed by atoms with Gasteiger partial charge in [0.15, 0.2) is 0 Å². The minimum absolute atomic E-state index is 0.0555. The van der Waals surface area contributed by atoms with Crippen LogP contribution in [0.2, 0.25) is 0 Å². The predicted octanol–water partition coefficient (Wildman–Crippen LogP) is 2.18. The number of hydrogen-bond donors (Lipinski definition) is 1. The van der Waals surface area contributed by atoms with Crippen LogP contribution in [0, 0.1) is 0 Å². The molecule has 1 aliphatic heterocycles. The summed E-state index contributed by atoms with van der Waals surface area (Å²) >= 11 is 0. The summed E-state index contributed by atoms with van der Waals surface area (Å²) in [5, 5.41) is 9.26. The topological polar surface area (TPSA) is 57.6 Å². The smallest absolute Gasteiger partial charge is 0.326 e. The molecule has 4 nitrogen and oxygen atoms in total. The largest absolute Gasteiger partial charge is 0.480 e. The van der Waals surface area contributed by atoms with E-state index in [9.17, 15) is 14.7 Å². The highest BCUT2D eigenvalue weighted by Crippen LogP contribution is 2.24. The quantitative estimate of drug-likeness (QED) is 0.927. The maximum atomic E-state index is 12.4. The lowest BCUT2D eigenvalue weighted by Gasteiger charge is -2.33. The normalized spacial score (nSPS) is 21.1. The van der Waals surface area contributed by atoms with Gasteiger partial charge in [0.05, 0.1) is 6.42 Å². The van der Waals surface area contributed by atoms with E-state index in [1.54, 1.807) is 4.90 Å². The number of benzene rings is 1. The summed E-state index contributed by atoms with van der Waals surface area (Å²) in [4.78, 5) is 25.3. The Bertz CT molecular complexity index is 567. The highest BCUT2D eigenvalue weighted by Gasteiger charge is 2.31. The Kier molecular flexibility index (Phi) is 3.95. The third-order valence-corrected chi connectivity index (χ3v) is 4.63. The van der Waals surface area contributed by atoms with Crippen LogP contribution in [0.15, 0.2) is 18.2 Å². The zero-order chi connectivity index (χ0) is 14.8. The van der Waals surface area contributed by atoms with Crippen molar-refractivity contribution in [2.24, 2.45) is 0 Å². The van der Waals surface area contributed by atoms with E-state index in [4.69, 9.17) is 0 Å². The van der Waals surface area contributed by atoms with Crippen molar-refractivity contribution in [1.29, 1.82) is 0 Å². The van der Waals surface area contributed by atoms with E-state index >= 15 is 0 Å². The molecule has 1 aromatic carbocycles. The summed E-state index contributed by atoms with van der Waals surface area (Å²) < 4.78 is 0. The molecule has 1 amide bonds. The summed E-state index contributed by atoms with van der Waals surface area (Å²) in [6, 6.07) is 5.62. The average Bonchev–Trinajstić information content (AvgIpc) is 2.94. The SMILES string of the molecule is O=C(O)C1CCCCN1C(=O)Cc1ccc2c(c1)CCC2. The van der Waals surface area contributed by atoms with Crippen molar-refractivity contribution in [3.63, 3.8) is 0 Å². The molecule has 0 aromatic heterocycles. The molecule has 112 valence electrons. The number of aliphatic carboxylic acids is 1. The second-order valence-corrected chi connectivity index (χ2v) is 6.07. The molecule has 0 spiro atoms. The first-order valence-corrected chi connectivity index (χ1v) is 7.78. The Balaban J connectivity index is 1.71. The highest BCUT2D eigenvalue weighted by molar-refractivity contribution is 5.85. The van der Waals surface area contributed by atoms with Crippen molar-refractivity contribution < 1.29 is 14.7 Å². The number of carboxylic acids is 1. The third-order valence-electron chi connectivity index (χ3n) is 4.63. The van der Waals surface area contributed by atoms with Crippen LogP contribution in [0.3, 0.4) is 0 Å². The fourth-order valence-corrected chi connectivity index (χ4v) is 3.50. The van der Waals surface area contributed by atoms with E-state index in [1.807, 2.05) is 6.07 Å². The first-order chi connectivity index (χ1) is 10.1. The first-order valence-electron chi connectivity index (χ1n) is 7.78. The summed E-state index contributed by atoms with van der Waals surface area (Å²) in [6.45, 7) is 0.570. The van der Waals surface area contributed by atoms with E-state index in [1.165, 1.54) is 17.5 Å². The van der Waals surface area contributed by atoms with Crippen molar-refractivity contribution in [3.05, 3.63) is 34.9 Å². The molecule has 2 aliphatic rings. The highest BCUT2D eigenvalue weighted by atomic mass is 16.4. The number of aryl methyl sites for hydroxylation is 2. The Labute approximate surface area is 124 Å². The van der Waals surface area contributed by atoms with Gasteiger partial charge in [-0.3, -0.25) is 4.79 Å². The minimum Gasteiger partial charge on any atom is -0.480 e. The zero-order valence-electron chi connectivity index (χ0n) is 12.2. The van der Waals surface area contributed by atoms with Gasteiger partial charge in [0.25, 0.3) is 0 Å². The molecular formula is C17H21NO3. The van der Waals surface area contributed by atoms with Crippen LogP contribution in [0.5, 0.6) is 0 Å². The van der Waals surface area contributed by atoms with Crippen molar-refractivity contribution in [1.82, 2.24) is 4.90 Å². The maximum Gasteiger partial charge on any atom is 0.326 e. The van der Waals surface area contributed by atoms with Crippen molar-refractivity contribution in [2.75, 3.05) is 6.54 Å². The Morgan fingerprint density at radius 1 is 1.14 bits per heavy atom. The van der Waals surface area contributed by atoms with Crippen molar-refractivity contribution >= 4 is 11.9 Å². The molecule has 1 N–H and O–H groups in total. The maximum absolute atomic E-state index is 12.4. The molecule has 1 heterocycles. The molecule has 1 aromatic rings. The summed E-state index contributed by atoms with van der Waals surface area (Å²) in [5.41, 5.74) is 3.76. The first kappa shape index (κ1) is 14.1. The van der Waals surface area contributed by atoms with E-state index in [2.05, 4.69) is 12.1 Å². The molecule has 1 atom stereocenters. The molecule has 21 heavy (non-hydrogen) atoms.